The lowest BCUT2D eigenvalue weighted by Gasteiger charge is -2.26. The van der Waals surface area contributed by atoms with Crippen LogP contribution < -0.4 is 5.32 Å². The molecule has 1 aliphatic heterocycles. The molecule has 0 aliphatic carbocycles. The highest BCUT2D eigenvalue weighted by atomic mass is 19.3. The molecule has 3 heterocycles. The summed E-state index contributed by atoms with van der Waals surface area (Å²) in [6.45, 7) is 1.82. The summed E-state index contributed by atoms with van der Waals surface area (Å²) in [4.78, 5) is 14.1. The topological polar surface area (TPSA) is 111 Å². The number of nitrogens with one attached hydrogen (secondary N) is 1. The molecule has 0 bridgehead atoms. The number of benzene rings is 2. The highest BCUT2D eigenvalue weighted by Gasteiger charge is 2.21. The van der Waals surface area contributed by atoms with Crippen LogP contribution in [0.1, 0.15) is 17.9 Å². The van der Waals surface area contributed by atoms with E-state index in [4.69, 9.17) is 9.15 Å². The quantitative estimate of drug-likeness (QED) is 0.383. The zero-order chi connectivity index (χ0) is 25.9. The van der Waals surface area contributed by atoms with Crippen LogP contribution in [0.25, 0.3) is 22.7 Å². The monoisotopic (exact) mass is 517 g/mol. The molecule has 0 radical (unpaired) electrons. The molecule has 192 valence electrons. The first-order valence-electron chi connectivity index (χ1n) is 11.1. The van der Waals surface area contributed by atoms with Crippen molar-refractivity contribution in [2.45, 2.75) is 13.0 Å². The van der Waals surface area contributed by atoms with Crippen LogP contribution in [-0.4, -0.2) is 62.4 Å². The van der Waals surface area contributed by atoms with E-state index in [1.165, 1.54) is 4.68 Å². The smallest absolute Gasteiger partial charge is 0.321 e. The normalized spacial score (nSPS) is 13.8. The number of hydrogen-bond acceptors (Lipinski definition) is 7. The van der Waals surface area contributed by atoms with Gasteiger partial charge in [0.25, 0.3) is 11.8 Å². The standard InChI is InChI=1S/C23H19F4N7O3/c24-17-10-16(21-30-31-22(37-21)20(26)27)18(25)9-14(17)11-34-12-19(29-32-34)13-2-1-3-15(8-13)28-23(35)33-4-6-36-7-5-33/h1-3,8-10,12,20H,4-7,11H2,(H,28,35). The third kappa shape index (κ3) is 5.43. The minimum atomic E-state index is -3.03. The minimum absolute atomic E-state index is 0.0576. The van der Waals surface area contributed by atoms with Gasteiger partial charge in [-0.2, -0.15) is 8.78 Å². The number of alkyl halides is 2. The summed E-state index contributed by atoms with van der Waals surface area (Å²) in [7, 11) is 0. The van der Waals surface area contributed by atoms with Crippen LogP contribution in [0.3, 0.4) is 0 Å². The van der Waals surface area contributed by atoms with Gasteiger partial charge in [0.2, 0.25) is 0 Å². The van der Waals surface area contributed by atoms with E-state index in [0.717, 1.165) is 12.1 Å². The van der Waals surface area contributed by atoms with E-state index in [1.807, 2.05) is 0 Å². The average Bonchev–Trinajstić information content (AvgIpc) is 3.57. The Hall–Kier alpha value is -4.33. The number of rotatable bonds is 6. The summed E-state index contributed by atoms with van der Waals surface area (Å²) < 4.78 is 65.9. The number of hydrogen-bond donors (Lipinski definition) is 1. The largest absolute Gasteiger partial charge is 0.415 e. The van der Waals surface area contributed by atoms with E-state index in [2.05, 4.69) is 25.8 Å². The number of aromatic nitrogens is 5. The molecule has 10 nitrogen and oxygen atoms in total. The lowest BCUT2D eigenvalue weighted by Crippen LogP contribution is -2.43. The van der Waals surface area contributed by atoms with Gasteiger partial charge >= 0.3 is 12.5 Å². The van der Waals surface area contributed by atoms with Crippen LogP contribution in [0.2, 0.25) is 0 Å². The van der Waals surface area contributed by atoms with Crippen molar-refractivity contribution in [1.29, 1.82) is 0 Å². The predicted octanol–water partition coefficient (Wildman–Crippen LogP) is 4.12. The summed E-state index contributed by atoms with van der Waals surface area (Å²) >= 11 is 0. The Balaban J connectivity index is 1.30. The molecule has 0 unspecified atom stereocenters. The number of amides is 2. The fourth-order valence-electron chi connectivity index (χ4n) is 3.71. The molecule has 0 atom stereocenters. The van der Waals surface area contributed by atoms with Crippen LogP contribution in [0.4, 0.5) is 28.0 Å². The molecule has 1 saturated heterocycles. The Kier molecular flexibility index (Phi) is 6.81. The summed E-state index contributed by atoms with van der Waals surface area (Å²) in [6.07, 6.45) is -1.49. The number of carbonyl (C=O) groups is 1. The Morgan fingerprint density at radius 3 is 2.62 bits per heavy atom. The van der Waals surface area contributed by atoms with Gasteiger partial charge in [0.1, 0.15) is 17.3 Å². The fourth-order valence-corrected chi connectivity index (χ4v) is 3.71. The van der Waals surface area contributed by atoms with Crippen molar-refractivity contribution in [3.05, 3.63) is 65.7 Å². The zero-order valence-corrected chi connectivity index (χ0v) is 19.1. The van der Waals surface area contributed by atoms with Gasteiger partial charge in [-0.05, 0) is 24.3 Å². The maximum absolute atomic E-state index is 14.7. The summed E-state index contributed by atoms with van der Waals surface area (Å²) in [5, 5.41) is 17.4. The first kappa shape index (κ1) is 24.4. The molecule has 5 rings (SSSR count). The lowest BCUT2D eigenvalue weighted by molar-refractivity contribution is 0.0564. The van der Waals surface area contributed by atoms with E-state index in [-0.39, 0.29) is 18.1 Å². The van der Waals surface area contributed by atoms with Crippen molar-refractivity contribution in [1.82, 2.24) is 30.1 Å². The van der Waals surface area contributed by atoms with E-state index in [1.54, 1.807) is 35.4 Å². The van der Waals surface area contributed by atoms with Crippen LogP contribution >= 0.6 is 0 Å². The van der Waals surface area contributed by atoms with Crippen molar-refractivity contribution in [3.63, 3.8) is 0 Å². The Labute approximate surface area is 206 Å². The second kappa shape index (κ2) is 10.3. The van der Waals surface area contributed by atoms with Crippen molar-refractivity contribution >= 4 is 11.7 Å². The van der Waals surface area contributed by atoms with Crippen LogP contribution in [0.5, 0.6) is 0 Å². The van der Waals surface area contributed by atoms with Gasteiger partial charge in [0, 0.05) is 29.9 Å². The Morgan fingerprint density at radius 1 is 1.05 bits per heavy atom. The fraction of sp³-hybridized carbons (Fsp3) is 0.261. The highest BCUT2D eigenvalue weighted by Crippen LogP contribution is 2.28. The van der Waals surface area contributed by atoms with Gasteiger partial charge in [-0.15, -0.1) is 15.3 Å². The summed E-state index contributed by atoms with van der Waals surface area (Å²) in [5.41, 5.74) is 1.17. The zero-order valence-electron chi connectivity index (χ0n) is 19.1. The highest BCUT2D eigenvalue weighted by molar-refractivity contribution is 5.90. The molecule has 1 aliphatic rings. The molecule has 2 amide bonds. The SMILES string of the molecule is O=C(Nc1cccc(-c2cn(Cc3cc(F)c(-c4nnc(C(F)F)o4)cc3F)nn2)c1)N1CCOCC1. The third-order valence-electron chi connectivity index (χ3n) is 5.57. The van der Waals surface area contributed by atoms with E-state index in [0.29, 0.717) is 43.2 Å². The van der Waals surface area contributed by atoms with Crippen molar-refractivity contribution < 1.29 is 31.5 Å². The molecule has 2 aromatic heterocycles. The number of morpholine rings is 1. The predicted molar refractivity (Wildman–Crippen MR) is 121 cm³/mol. The molecule has 1 fully saturated rings. The third-order valence-corrected chi connectivity index (χ3v) is 5.57. The number of ether oxygens (including phenoxy) is 1. The average molecular weight is 517 g/mol. The molecular weight excluding hydrogens is 498 g/mol. The molecule has 14 heteroatoms. The maximum Gasteiger partial charge on any atom is 0.321 e. The molecule has 37 heavy (non-hydrogen) atoms. The van der Waals surface area contributed by atoms with Crippen molar-refractivity contribution in [2.24, 2.45) is 0 Å². The second-order valence-corrected chi connectivity index (χ2v) is 8.08. The molecular formula is C23H19F4N7O3. The van der Waals surface area contributed by atoms with E-state index < -0.39 is 35.4 Å². The molecule has 1 N–H and O–H groups in total. The minimum Gasteiger partial charge on any atom is -0.415 e. The molecule has 0 saturated carbocycles. The summed E-state index contributed by atoms with van der Waals surface area (Å²) in [6, 6.07) is 8.43. The number of halogens is 4. The molecule has 0 spiro atoms. The summed E-state index contributed by atoms with van der Waals surface area (Å²) in [5.74, 6) is -3.29. The van der Waals surface area contributed by atoms with Gasteiger partial charge in [-0.25, -0.2) is 18.3 Å². The number of urea groups is 1. The van der Waals surface area contributed by atoms with E-state index >= 15 is 0 Å². The Bertz CT molecular complexity index is 1420. The van der Waals surface area contributed by atoms with Crippen LogP contribution in [0, 0.1) is 11.6 Å². The van der Waals surface area contributed by atoms with Crippen molar-refractivity contribution in [2.75, 3.05) is 31.6 Å². The lowest BCUT2D eigenvalue weighted by atomic mass is 10.1. The number of nitrogens with zero attached hydrogens (tertiary/aromatic N) is 6. The van der Waals surface area contributed by atoms with Gasteiger partial charge in [0.05, 0.1) is 31.5 Å². The second-order valence-electron chi connectivity index (χ2n) is 8.08. The van der Waals surface area contributed by atoms with Gasteiger partial charge in [0.15, 0.2) is 0 Å². The van der Waals surface area contributed by atoms with E-state index in [9.17, 15) is 22.4 Å². The van der Waals surface area contributed by atoms with Crippen molar-refractivity contribution in [3.8, 4) is 22.7 Å². The van der Waals surface area contributed by atoms with Gasteiger partial charge in [-0.1, -0.05) is 17.3 Å². The molecule has 2 aromatic carbocycles. The van der Waals surface area contributed by atoms with Gasteiger partial charge in [-0.3, -0.25) is 0 Å². The number of carbonyl (C=O) groups excluding carboxylic acids is 1. The first-order chi connectivity index (χ1) is 17.9. The number of anilines is 1. The van der Waals surface area contributed by atoms with Gasteiger partial charge < -0.3 is 19.4 Å². The molecule has 4 aromatic rings. The first-order valence-corrected chi connectivity index (χ1v) is 11.1. The maximum atomic E-state index is 14.7. The van der Waals surface area contributed by atoms with Crippen LogP contribution in [-0.2, 0) is 11.3 Å². The van der Waals surface area contributed by atoms with Crippen LogP contribution in [0.15, 0.2) is 47.0 Å². The Morgan fingerprint density at radius 2 is 1.86 bits per heavy atom.